The molecule has 0 aromatic heterocycles. The minimum atomic E-state index is -0.192. The first-order valence-corrected chi connectivity index (χ1v) is 9.54. The summed E-state index contributed by atoms with van der Waals surface area (Å²) in [7, 11) is 6.36. The van der Waals surface area contributed by atoms with Gasteiger partial charge in [-0.1, -0.05) is 0 Å². The predicted octanol–water partition coefficient (Wildman–Crippen LogP) is 3.43. The summed E-state index contributed by atoms with van der Waals surface area (Å²) in [5.41, 5.74) is 3.50. The number of methoxy groups -OCH3 is 4. The fourth-order valence-corrected chi connectivity index (χ4v) is 4.25. The number of carbonyl (C=O) groups is 1. The molecular formula is C23H24O7. The van der Waals surface area contributed by atoms with Gasteiger partial charge in [0.05, 0.1) is 27.9 Å². The maximum Gasteiger partial charge on any atom is 0.231 e. The van der Waals surface area contributed by atoms with Crippen molar-refractivity contribution in [3.05, 3.63) is 46.5 Å². The topological polar surface area (TPSA) is 72.5 Å². The Morgan fingerprint density at radius 3 is 2.20 bits per heavy atom. The molecule has 7 heteroatoms. The summed E-state index contributed by atoms with van der Waals surface area (Å²) in [6.45, 7) is 0.554. The highest BCUT2D eigenvalue weighted by molar-refractivity contribution is 5.86. The van der Waals surface area contributed by atoms with Crippen LogP contribution in [-0.4, -0.2) is 48.1 Å². The number of hydrogen-bond donors (Lipinski definition) is 0. The average molecular weight is 412 g/mol. The molecule has 158 valence electrons. The van der Waals surface area contributed by atoms with Crippen molar-refractivity contribution in [1.82, 2.24) is 0 Å². The molecule has 1 aliphatic carbocycles. The summed E-state index contributed by atoms with van der Waals surface area (Å²) in [6.07, 6.45) is 2.78. The molecular weight excluding hydrogens is 388 g/mol. The Bertz CT molecular complexity index is 970. The van der Waals surface area contributed by atoms with Gasteiger partial charge >= 0.3 is 0 Å². The van der Waals surface area contributed by atoms with E-state index in [0.29, 0.717) is 40.9 Å². The largest absolute Gasteiger partial charge is 0.493 e. The molecule has 0 saturated heterocycles. The second-order valence-corrected chi connectivity index (χ2v) is 7.09. The van der Waals surface area contributed by atoms with Crippen LogP contribution in [0.25, 0.3) is 6.08 Å². The first-order valence-electron chi connectivity index (χ1n) is 9.54. The van der Waals surface area contributed by atoms with Gasteiger partial charge in [-0.25, -0.2) is 0 Å². The van der Waals surface area contributed by atoms with Gasteiger partial charge in [0.15, 0.2) is 23.0 Å². The highest BCUT2D eigenvalue weighted by atomic mass is 16.7. The van der Waals surface area contributed by atoms with Gasteiger partial charge in [0, 0.05) is 18.9 Å². The molecule has 2 aromatic carbocycles. The molecule has 2 aromatic rings. The molecule has 0 radical (unpaired) electrons. The number of hydrogen-bond acceptors (Lipinski definition) is 7. The fourth-order valence-electron chi connectivity index (χ4n) is 4.25. The Morgan fingerprint density at radius 2 is 1.63 bits per heavy atom. The number of benzene rings is 2. The number of ether oxygens (including phenoxy) is 6. The van der Waals surface area contributed by atoms with E-state index in [2.05, 4.69) is 0 Å². The summed E-state index contributed by atoms with van der Waals surface area (Å²) in [4.78, 5) is 12.0. The summed E-state index contributed by atoms with van der Waals surface area (Å²) < 4.78 is 33.2. The standard InChI is InChI=1S/C23H24O7/c1-25-11-17-15(10-24)5-13-6-18-19(30-12-29-18)9-16(13)22(17)14-7-20(26-2)23(28-4)21(8-14)27-3/h5-10,17,22H,11-12H2,1-4H3/t17-,22-/m1/s1. The van der Waals surface area contributed by atoms with Crippen molar-refractivity contribution in [2.45, 2.75) is 5.92 Å². The monoisotopic (exact) mass is 412 g/mol. The second kappa shape index (κ2) is 8.28. The van der Waals surface area contributed by atoms with E-state index in [4.69, 9.17) is 28.4 Å². The smallest absolute Gasteiger partial charge is 0.231 e. The van der Waals surface area contributed by atoms with Crippen molar-refractivity contribution in [2.75, 3.05) is 41.8 Å². The molecule has 0 bridgehead atoms. The van der Waals surface area contributed by atoms with E-state index in [-0.39, 0.29) is 18.6 Å². The second-order valence-electron chi connectivity index (χ2n) is 7.09. The molecule has 30 heavy (non-hydrogen) atoms. The third-order valence-electron chi connectivity index (χ3n) is 5.59. The molecule has 0 fully saturated rings. The van der Waals surface area contributed by atoms with Crippen LogP contribution in [0.5, 0.6) is 28.7 Å². The van der Waals surface area contributed by atoms with Crippen LogP contribution < -0.4 is 23.7 Å². The predicted molar refractivity (Wildman–Crippen MR) is 110 cm³/mol. The van der Waals surface area contributed by atoms with E-state index in [1.807, 2.05) is 30.3 Å². The Morgan fingerprint density at radius 1 is 0.967 bits per heavy atom. The average Bonchev–Trinajstić information content (AvgIpc) is 3.23. The van der Waals surface area contributed by atoms with Crippen LogP contribution in [-0.2, 0) is 9.53 Å². The molecule has 2 aliphatic rings. The fraction of sp³-hybridized carbons (Fsp3) is 0.348. The van der Waals surface area contributed by atoms with E-state index < -0.39 is 0 Å². The zero-order chi connectivity index (χ0) is 21.3. The molecule has 1 heterocycles. The number of rotatable bonds is 7. The minimum Gasteiger partial charge on any atom is -0.493 e. The Hall–Kier alpha value is -3.19. The normalized spacial score (nSPS) is 19.0. The van der Waals surface area contributed by atoms with Crippen LogP contribution in [0.1, 0.15) is 22.6 Å². The lowest BCUT2D eigenvalue weighted by Gasteiger charge is -2.33. The molecule has 0 saturated carbocycles. The van der Waals surface area contributed by atoms with Crippen molar-refractivity contribution in [2.24, 2.45) is 5.92 Å². The highest BCUT2D eigenvalue weighted by Crippen LogP contribution is 2.49. The third-order valence-corrected chi connectivity index (χ3v) is 5.59. The van der Waals surface area contributed by atoms with Gasteiger partial charge in [0.2, 0.25) is 12.5 Å². The van der Waals surface area contributed by atoms with Gasteiger partial charge in [-0.05, 0) is 52.6 Å². The zero-order valence-corrected chi connectivity index (χ0v) is 17.4. The summed E-state index contributed by atoms with van der Waals surface area (Å²) in [5.74, 6) is 2.59. The molecule has 0 amide bonds. The molecule has 0 spiro atoms. The maximum absolute atomic E-state index is 12.0. The van der Waals surface area contributed by atoms with Crippen LogP contribution in [0.15, 0.2) is 29.8 Å². The Labute approximate surface area is 175 Å². The number of aldehydes is 1. The van der Waals surface area contributed by atoms with Crippen molar-refractivity contribution >= 4 is 12.4 Å². The zero-order valence-electron chi connectivity index (χ0n) is 17.4. The Balaban J connectivity index is 1.95. The maximum atomic E-state index is 12.0. The third kappa shape index (κ3) is 3.25. The molecule has 0 N–H and O–H groups in total. The molecule has 7 nitrogen and oxygen atoms in total. The van der Waals surface area contributed by atoms with E-state index in [9.17, 15) is 4.79 Å². The van der Waals surface area contributed by atoms with E-state index in [0.717, 1.165) is 23.0 Å². The lowest BCUT2D eigenvalue weighted by molar-refractivity contribution is -0.105. The molecule has 0 unspecified atom stereocenters. The van der Waals surface area contributed by atoms with E-state index in [1.54, 1.807) is 28.4 Å². The lowest BCUT2D eigenvalue weighted by atomic mass is 9.72. The van der Waals surface area contributed by atoms with E-state index in [1.165, 1.54) is 0 Å². The van der Waals surface area contributed by atoms with Gasteiger partial charge in [-0.15, -0.1) is 0 Å². The van der Waals surface area contributed by atoms with Crippen molar-refractivity contribution in [1.29, 1.82) is 0 Å². The Kier molecular flexibility index (Phi) is 5.55. The number of fused-ring (bicyclic) bond motifs is 2. The molecule has 1 aliphatic heterocycles. The highest BCUT2D eigenvalue weighted by Gasteiger charge is 2.36. The van der Waals surface area contributed by atoms with Crippen molar-refractivity contribution < 1.29 is 33.2 Å². The van der Waals surface area contributed by atoms with Gasteiger partial charge in [-0.2, -0.15) is 0 Å². The summed E-state index contributed by atoms with van der Waals surface area (Å²) in [6, 6.07) is 7.72. The van der Waals surface area contributed by atoms with E-state index >= 15 is 0 Å². The van der Waals surface area contributed by atoms with Crippen LogP contribution in [0.3, 0.4) is 0 Å². The van der Waals surface area contributed by atoms with Crippen LogP contribution in [0.2, 0.25) is 0 Å². The van der Waals surface area contributed by atoms with Crippen molar-refractivity contribution in [3.63, 3.8) is 0 Å². The molecule has 4 rings (SSSR count). The minimum absolute atomic E-state index is 0.179. The quantitative estimate of drug-likeness (QED) is 0.645. The lowest BCUT2D eigenvalue weighted by Crippen LogP contribution is -2.26. The SMILES string of the molecule is COC[C@@H]1C(C=O)=Cc2cc3c(cc2[C@H]1c1cc(OC)c(OC)c(OC)c1)OCO3. The van der Waals surface area contributed by atoms with Gasteiger partial charge < -0.3 is 28.4 Å². The van der Waals surface area contributed by atoms with Gasteiger partial charge in [0.25, 0.3) is 0 Å². The van der Waals surface area contributed by atoms with Crippen LogP contribution in [0, 0.1) is 5.92 Å². The van der Waals surface area contributed by atoms with Crippen molar-refractivity contribution in [3.8, 4) is 28.7 Å². The molecule has 2 atom stereocenters. The summed E-state index contributed by atoms with van der Waals surface area (Å²) in [5, 5.41) is 0. The van der Waals surface area contributed by atoms with Crippen LogP contribution in [0.4, 0.5) is 0 Å². The summed E-state index contributed by atoms with van der Waals surface area (Å²) >= 11 is 0. The number of carbonyl (C=O) groups excluding carboxylic acids is 1. The van der Waals surface area contributed by atoms with Gasteiger partial charge in [0.1, 0.15) is 6.29 Å². The first-order chi connectivity index (χ1) is 14.6. The van der Waals surface area contributed by atoms with Gasteiger partial charge in [-0.3, -0.25) is 4.79 Å². The first kappa shape index (κ1) is 20.1. The van der Waals surface area contributed by atoms with Crippen LogP contribution >= 0.6 is 0 Å².